The van der Waals surface area contributed by atoms with Crippen molar-refractivity contribution in [1.29, 1.82) is 0 Å². The van der Waals surface area contributed by atoms with Gasteiger partial charge in [-0.1, -0.05) is 17.7 Å². The van der Waals surface area contributed by atoms with E-state index in [1.165, 1.54) is 35.7 Å². The van der Waals surface area contributed by atoms with Crippen molar-refractivity contribution in [3.05, 3.63) is 52.8 Å². The van der Waals surface area contributed by atoms with Crippen molar-refractivity contribution in [2.24, 2.45) is 0 Å². The third kappa shape index (κ3) is 5.05. The first-order valence-corrected chi connectivity index (χ1v) is 10.6. The second kappa shape index (κ2) is 9.08. The highest BCUT2D eigenvalue weighted by Gasteiger charge is 2.29. The zero-order chi connectivity index (χ0) is 21.0. The molecule has 1 heterocycles. The zero-order valence-electron chi connectivity index (χ0n) is 15.7. The van der Waals surface area contributed by atoms with E-state index in [2.05, 4.69) is 5.32 Å². The van der Waals surface area contributed by atoms with Gasteiger partial charge in [-0.2, -0.15) is 4.31 Å². The fraction of sp³-hybridized carbons (Fsp3) is 0.316. The van der Waals surface area contributed by atoms with Gasteiger partial charge in [0.25, 0.3) is 0 Å². The molecule has 1 fully saturated rings. The molecule has 3 rings (SSSR count). The Morgan fingerprint density at radius 2 is 1.97 bits per heavy atom. The summed E-state index contributed by atoms with van der Waals surface area (Å²) in [6, 6.07) is 8.48. The zero-order valence-corrected chi connectivity index (χ0v) is 17.2. The Balaban J connectivity index is 1.80. The predicted octanol–water partition coefficient (Wildman–Crippen LogP) is 2.69. The van der Waals surface area contributed by atoms with E-state index < -0.39 is 21.7 Å². The van der Waals surface area contributed by atoms with Crippen molar-refractivity contribution >= 4 is 33.2 Å². The van der Waals surface area contributed by atoms with Crippen molar-refractivity contribution < 1.29 is 27.1 Å². The topological polar surface area (TPSA) is 84.9 Å². The van der Waals surface area contributed by atoms with E-state index in [4.69, 9.17) is 21.1 Å². The summed E-state index contributed by atoms with van der Waals surface area (Å²) in [6.45, 7) is 1.14. The highest BCUT2D eigenvalue weighted by molar-refractivity contribution is 7.89. The van der Waals surface area contributed by atoms with Gasteiger partial charge in [0, 0.05) is 18.8 Å². The van der Waals surface area contributed by atoms with Crippen LogP contribution in [-0.4, -0.2) is 52.0 Å². The van der Waals surface area contributed by atoms with Crippen LogP contribution in [0.15, 0.2) is 41.3 Å². The maximum atomic E-state index is 13.5. The van der Waals surface area contributed by atoms with Crippen LogP contribution in [0.3, 0.4) is 0 Å². The molecule has 0 radical (unpaired) electrons. The molecule has 1 aliphatic heterocycles. The van der Waals surface area contributed by atoms with Gasteiger partial charge in [-0.25, -0.2) is 12.8 Å². The number of nitrogens with zero attached hydrogens (tertiary/aromatic N) is 1. The number of sulfonamides is 1. The molecule has 10 heteroatoms. The fourth-order valence-corrected chi connectivity index (χ4v) is 4.65. The molecular formula is C19H20ClFN2O5S. The second-order valence-corrected chi connectivity index (χ2v) is 8.67. The number of carbonyl (C=O) groups excluding carboxylic acids is 1. The summed E-state index contributed by atoms with van der Waals surface area (Å²) in [4.78, 5) is 12.3. The smallest absolute Gasteiger partial charge is 0.246 e. The number of morpholine rings is 1. The molecule has 2 aromatic rings. The number of methoxy groups -OCH3 is 1. The maximum Gasteiger partial charge on any atom is 0.246 e. The molecule has 0 spiro atoms. The van der Waals surface area contributed by atoms with Gasteiger partial charge in [-0.3, -0.25) is 4.79 Å². The van der Waals surface area contributed by atoms with Crippen LogP contribution in [0.5, 0.6) is 5.75 Å². The fourth-order valence-electron chi connectivity index (χ4n) is 2.92. The summed E-state index contributed by atoms with van der Waals surface area (Å²) in [5, 5.41) is 2.52. The number of hydrogen-bond acceptors (Lipinski definition) is 5. The van der Waals surface area contributed by atoms with Crippen LogP contribution < -0.4 is 10.1 Å². The Morgan fingerprint density at radius 1 is 1.24 bits per heavy atom. The van der Waals surface area contributed by atoms with Gasteiger partial charge in [0.2, 0.25) is 15.9 Å². The predicted molar refractivity (Wildman–Crippen MR) is 106 cm³/mol. The highest BCUT2D eigenvalue weighted by atomic mass is 35.5. The number of carbonyl (C=O) groups is 1. The average molecular weight is 443 g/mol. The first-order chi connectivity index (χ1) is 13.8. The lowest BCUT2D eigenvalue weighted by atomic mass is 10.1. The van der Waals surface area contributed by atoms with Gasteiger partial charge < -0.3 is 14.8 Å². The van der Waals surface area contributed by atoms with Crippen molar-refractivity contribution in [3.8, 4) is 5.75 Å². The summed E-state index contributed by atoms with van der Waals surface area (Å²) in [6.07, 6.45) is -0.0974. The monoisotopic (exact) mass is 442 g/mol. The molecule has 0 saturated carbocycles. The van der Waals surface area contributed by atoms with Crippen LogP contribution >= 0.6 is 11.6 Å². The Hall–Kier alpha value is -2.20. The van der Waals surface area contributed by atoms with E-state index in [1.54, 1.807) is 6.07 Å². The maximum absolute atomic E-state index is 13.5. The Labute approximate surface area is 173 Å². The molecule has 0 bridgehead atoms. The minimum absolute atomic E-state index is 0.00950. The van der Waals surface area contributed by atoms with Gasteiger partial charge in [0.15, 0.2) is 0 Å². The van der Waals surface area contributed by atoms with Gasteiger partial charge >= 0.3 is 0 Å². The summed E-state index contributed by atoms with van der Waals surface area (Å²) < 4.78 is 51.3. The standard InChI is InChI=1S/C19H20ClFN2O5S/c1-27-17-5-2-13(10-18(17)29(25,26)23-6-8-28-9-7-23)11-19(24)22-14-3-4-15(20)16(21)12-14/h2-5,10,12H,6-9,11H2,1H3,(H,22,24). The quantitative estimate of drug-likeness (QED) is 0.743. The van der Waals surface area contributed by atoms with E-state index in [9.17, 15) is 17.6 Å². The van der Waals surface area contributed by atoms with Gasteiger partial charge in [-0.05, 0) is 35.9 Å². The molecule has 1 N–H and O–H groups in total. The number of rotatable bonds is 6. The lowest BCUT2D eigenvalue weighted by molar-refractivity contribution is -0.115. The number of hydrogen-bond donors (Lipinski definition) is 1. The van der Waals surface area contributed by atoms with Crippen LogP contribution in [0.2, 0.25) is 5.02 Å². The molecule has 156 valence electrons. The first-order valence-electron chi connectivity index (χ1n) is 8.81. The average Bonchev–Trinajstić information content (AvgIpc) is 2.71. The van der Waals surface area contributed by atoms with E-state index in [1.807, 2.05) is 0 Å². The molecule has 29 heavy (non-hydrogen) atoms. The molecule has 0 aromatic heterocycles. The van der Waals surface area contributed by atoms with E-state index in [0.29, 0.717) is 18.8 Å². The summed E-state index contributed by atoms with van der Waals surface area (Å²) >= 11 is 5.63. The van der Waals surface area contributed by atoms with Crippen molar-refractivity contribution in [2.45, 2.75) is 11.3 Å². The number of nitrogens with one attached hydrogen (secondary N) is 1. The number of ether oxygens (including phenoxy) is 2. The minimum atomic E-state index is -3.80. The molecule has 0 atom stereocenters. The van der Waals surface area contributed by atoms with E-state index in [0.717, 1.165) is 6.07 Å². The summed E-state index contributed by atoms with van der Waals surface area (Å²) in [5.74, 6) is -0.875. The van der Waals surface area contributed by atoms with Crippen molar-refractivity contribution in [1.82, 2.24) is 4.31 Å². The summed E-state index contributed by atoms with van der Waals surface area (Å²) in [7, 11) is -2.42. The number of halogens is 2. The third-order valence-corrected chi connectivity index (χ3v) is 6.61. The molecule has 2 aromatic carbocycles. The first kappa shape index (κ1) is 21.5. The van der Waals surface area contributed by atoms with Crippen LogP contribution in [0.1, 0.15) is 5.56 Å². The Bertz CT molecular complexity index is 1010. The van der Waals surface area contributed by atoms with Crippen LogP contribution in [-0.2, 0) is 26.0 Å². The van der Waals surface area contributed by atoms with Gasteiger partial charge in [0.05, 0.1) is 31.8 Å². The largest absolute Gasteiger partial charge is 0.495 e. The minimum Gasteiger partial charge on any atom is -0.495 e. The molecular weight excluding hydrogens is 423 g/mol. The van der Waals surface area contributed by atoms with Crippen LogP contribution in [0.4, 0.5) is 10.1 Å². The van der Waals surface area contributed by atoms with Gasteiger partial charge in [-0.15, -0.1) is 0 Å². The molecule has 0 aliphatic carbocycles. The lowest BCUT2D eigenvalue weighted by Crippen LogP contribution is -2.40. The van der Waals surface area contributed by atoms with Crippen molar-refractivity contribution in [3.63, 3.8) is 0 Å². The molecule has 1 saturated heterocycles. The molecule has 0 unspecified atom stereocenters. The van der Waals surface area contributed by atoms with Crippen LogP contribution in [0, 0.1) is 5.82 Å². The Kier molecular flexibility index (Phi) is 6.74. The SMILES string of the molecule is COc1ccc(CC(=O)Nc2ccc(Cl)c(F)c2)cc1S(=O)(=O)N1CCOCC1. The van der Waals surface area contributed by atoms with Crippen molar-refractivity contribution in [2.75, 3.05) is 38.7 Å². The highest BCUT2D eigenvalue weighted by Crippen LogP contribution is 2.29. The number of benzene rings is 2. The summed E-state index contributed by atoms with van der Waals surface area (Å²) in [5.41, 5.74) is 0.733. The number of amides is 1. The second-order valence-electron chi connectivity index (χ2n) is 6.36. The Morgan fingerprint density at radius 3 is 2.62 bits per heavy atom. The number of anilines is 1. The molecule has 1 amide bonds. The molecule has 7 nitrogen and oxygen atoms in total. The lowest BCUT2D eigenvalue weighted by Gasteiger charge is -2.26. The third-order valence-electron chi connectivity index (χ3n) is 4.38. The van der Waals surface area contributed by atoms with Gasteiger partial charge in [0.1, 0.15) is 16.5 Å². The molecule has 1 aliphatic rings. The van der Waals surface area contributed by atoms with E-state index in [-0.39, 0.29) is 40.9 Å². The normalized spacial score (nSPS) is 15.1. The van der Waals surface area contributed by atoms with E-state index >= 15 is 0 Å². The van der Waals surface area contributed by atoms with Crippen LogP contribution in [0.25, 0.3) is 0 Å².